The molecule has 0 heterocycles. The van der Waals surface area contributed by atoms with E-state index in [0.29, 0.717) is 0 Å². The first-order valence-corrected chi connectivity index (χ1v) is 4.20. The Labute approximate surface area is 102 Å². The highest BCUT2D eigenvalue weighted by Gasteiger charge is 2.37. The van der Waals surface area contributed by atoms with Crippen molar-refractivity contribution >= 4 is 24.1 Å². The molecule has 1 rings (SSSR count). The molecule has 0 aliphatic rings. The van der Waals surface area contributed by atoms with Crippen LogP contribution in [-0.2, 0) is 0 Å². The first-order valence-electron chi connectivity index (χ1n) is 4.20. The lowest BCUT2D eigenvalue weighted by Gasteiger charge is -2.08. The molecular formula is C9H10ClF3N4. The van der Waals surface area contributed by atoms with Gasteiger partial charge in [-0.3, -0.25) is 0 Å². The fraction of sp³-hybridized carbons (Fsp3) is 0.111. The third kappa shape index (κ3) is 4.73. The number of nitrogens with zero attached hydrogens (tertiary/aromatic N) is 2. The number of hydrogen-bond acceptors (Lipinski definition) is 2. The van der Waals surface area contributed by atoms with Gasteiger partial charge < -0.3 is 11.5 Å². The summed E-state index contributed by atoms with van der Waals surface area (Å²) in [4.78, 5) is 0. The van der Waals surface area contributed by atoms with Crippen molar-refractivity contribution in [3.05, 3.63) is 35.9 Å². The summed E-state index contributed by atoms with van der Waals surface area (Å²) < 4.78 is 37.7. The standard InChI is InChI=1S/C9H9F3N4.ClH/c10-9(11,12)7(15-16-8(13)14)6-4-2-1-3-5-6;/h1-5H,(H4,13,14,16);1H. The van der Waals surface area contributed by atoms with Gasteiger partial charge in [-0.2, -0.15) is 13.2 Å². The largest absolute Gasteiger partial charge is 0.435 e. The molecular weight excluding hydrogens is 257 g/mol. The smallest absolute Gasteiger partial charge is 0.369 e. The van der Waals surface area contributed by atoms with Crippen molar-refractivity contribution in [2.75, 3.05) is 0 Å². The quantitative estimate of drug-likeness (QED) is 0.485. The Morgan fingerprint density at radius 1 is 1.00 bits per heavy atom. The van der Waals surface area contributed by atoms with Gasteiger partial charge in [0, 0.05) is 5.56 Å². The van der Waals surface area contributed by atoms with Crippen LogP contribution in [0, 0.1) is 0 Å². The fourth-order valence-corrected chi connectivity index (χ4v) is 0.982. The number of alkyl halides is 3. The molecule has 0 aliphatic heterocycles. The number of halogens is 4. The van der Waals surface area contributed by atoms with E-state index in [0.717, 1.165) is 0 Å². The first-order chi connectivity index (χ1) is 7.41. The van der Waals surface area contributed by atoms with Gasteiger partial charge in [0.15, 0.2) is 5.71 Å². The molecule has 0 saturated heterocycles. The highest BCUT2D eigenvalue weighted by atomic mass is 35.5. The number of benzene rings is 1. The maximum atomic E-state index is 12.6. The lowest BCUT2D eigenvalue weighted by molar-refractivity contribution is -0.0582. The molecule has 0 radical (unpaired) electrons. The van der Waals surface area contributed by atoms with Gasteiger partial charge in [0.05, 0.1) is 0 Å². The molecule has 0 atom stereocenters. The van der Waals surface area contributed by atoms with E-state index in [1.165, 1.54) is 24.3 Å². The molecule has 17 heavy (non-hydrogen) atoms. The Hall–Kier alpha value is -1.76. The van der Waals surface area contributed by atoms with Crippen molar-refractivity contribution < 1.29 is 13.2 Å². The number of rotatable bonds is 2. The zero-order chi connectivity index (χ0) is 12.2. The summed E-state index contributed by atoms with van der Waals surface area (Å²) in [5, 5.41) is 6.00. The van der Waals surface area contributed by atoms with Crippen LogP contribution in [0.15, 0.2) is 40.5 Å². The summed E-state index contributed by atoms with van der Waals surface area (Å²) in [6, 6.07) is 7.07. The maximum absolute atomic E-state index is 12.6. The topological polar surface area (TPSA) is 76.8 Å². The van der Waals surface area contributed by atoms with Crippen molar-refractivity contribution in [1.29, 1.82) is 0 Å². The Kier molecular flexibility index (Phi) is 5.46. The zero-order valence-corrected chi connectivity index (χ0v) is 9.29. The molecule has 0 aromatic heterocycles. The average Bonchev–Trinajstić information content (AvgIpc) is 2.17. The molecule has 0 unspecified atom stereocenters. The highest BCUT2D eigenvalue weighted by molar-refractivity contribution is 6.04. The van der Waals surface area contributed by atoms with Gasteiger partial charge in [0.2, 0.25) is 5.96 Å². The van der Waals surface area contributed by atoms with Gasteiger partial charge in [-0.15, -0.1) is 22.6 Å². The van der Waals surface area contributed by atoms with Crippen molar-refractivity contribution in [3.63, 3.8) is 0 Å². The van der Waals surface area contributed by atoms with Gasteiger partial charge in [0.25, 0.3) is 0 Å². The third-order valence-corrected chi connectivity index (χ3v) is 1.58. The second-order valence-corrected chi connectivity index (χ2v) is 2.84. The van der Waals surface area contributed by atoms with E-state index in [2.05, 4.69) is 10.2 Å². The lowest BCUT2D eigenvalue weighted by Crippen LogP contribution is -2.26. The van der Waals surface area contributed by atoms with Crippen LogP contribution in [0.5, 0.6) is 0 Å². The maximum Gasteiger partial charge on any atom is 0.435 e. The molecule has 8 heteroatoms. The van der Waals surface area contributed by atoms with E-state index >= 15 is 0 Å². The SMILES string of the molecule is Cl.NC(N)=NN=C(c1ccccc1)C(F)(F)F. The summed E-state index contributed by atoms with van der Waals surface area (Å²) in [7, 11) is 0. The zero-order valence-electron chi connectivity index (χ0n) is 8.48. The molecule has 1 aromatic rings. The summed E-state index contributed by atoms with van der Waals surface area (Å²) in [5.74, 6) is -0.530. The van der Waals surface area contributed by atoms with Crippen LogP contribution >= 0.6 is 12.4 Å². The van der Waals surface area contributed by atoms with Gasteiger partial charge in [-0.25, -0.2) is 0 Å². The van der Waals surface area contributed by atoms with E-state index in [9.17, 15) is 13.2 Å². The van der Waals surface area contributed by atoms with Gasteiger partial charge in [-0.05, 0) is 0 Å². The van der Waals surface area contributed by atoms with E-state index < -0.39 is 17.8 Å². The minimum Gasteiger partial charge on any atom is -0.369 e. The van der Waals surface area contributed by atoms with Crippen LogP contribution in [0.1, 0.15) is 5.56 Å². The average molecular weight is 267 g/mol. The van der Waals surface area contributed by atoms with Crippen molar-refractivity contribution in [2.45, 2.75) is 6.18 Å². The Bertz CT molecular complexity index is 410. The van der Waals surface area contributed by atoms with Crippen molar-refractivity contribution in [3.8, 4) is 0 Å². The third-order valence-electron chi connectivity index (χ3n) is 1.58. The molecule has 0 fully saturated rings. The van der Waals surface area contributed by atoms with E-state index in [1.807, 2.05) is 0 Å². The van der Waals surface area contributed by atoms with Crippen LogP contribution in [-0.4, -0.2) is 17.8 Å². The number of nitrogens with two attached hydrogens (primary N) is 2. The molecule has 0 saturated carbocycles. The van der Waals surface area contributed by atoms with Crippen LogP contribution in [0.2, 0.25) is 0 Å². The predicted octanol–water partition coefficient (Wildman–Crippen LogP) is 1.65. The molecule has 94 valence electrons. The minimum absolute atomic E-state index is 0. The van der Waals surface area contributed by atoms with Crippen molar-refractivity contribution in [2.24, 2.45) is 21.7 Å². The summed E-state index contributed by atoms with van der Waals surface area (Å²) in [6.07, 6.45) is -4.61. The predicted molar refractivity (Wildman–Crippen MR) is 62.1 cm³/mol. The molecule has 0 aliphatic carbocycles. The van der Waals surface area contributed by atoms with Gasteiger partial charge in [0.1, 0.15) is 0 Å². The Morgan fingerprint density at radius 3 is 1.94 bits per heavy atom. The lowest BCUT2D eigenvalue weighted by atomic mass is 10.1. The molecule has 0 bridgehead atoms. The molecule has 4 nitrogen and oxygen atoms in total. The molecule has 0 amide bonds. The summed E-state index contributed by atoms with van der Waals surface area (Å²) in [5.41, 5.74) is 8.60. The van der Waals surface area contributed by atoms with E-state index in [-0.39, 0.29) is 18.0 Å². The second kappa shape index (κ2) is 6.09. The molecule has 0 spiro atoms. The van der Waals surface area contributed by atoms with Crippen LogP contribution in [0.3, 0.4) is 0 Å². The highest BCUT2D eigenvalue weighted by Crippen LogP contribution is 2.22. The summed E-state index contributed by atoms with van der Waals surface area (Å²) >= 11 is 0. The van der Waals surface area contributed by atoms with Gasteiger partial charge in [-0.1, -0.05) is 30.3 Å². The van der Waals surface area contributed by atoms with E-state index in [4.69, 9.17) is 11.5 Å². The number of hydrogen-bond donors (Lipinski definition) is 2. The molecule has 1 aromatic carbocycles. The monoisotopic (exact) mass is 266 g/mol. The summed E-state index contributed by atoms with van der Waals surface area (Å²) in [6.45, 7) is 0. The van der Waals surface area contributed by atoms with Crippen LogP contribution < -0.4 is 11.5 Å². The first kappa shape index (κ1) is 15.2. The Morgan fingerprint density at radius 2 is 1.53 bits per heavy atom. The Balaban J connectivity index is 0.00000256. The minimum atomic E-state index is -4.61. The molecule has 4 N–H and O–H groups in total. The van der Waals surface area contributed by atoms with E-state index in [1.54, 1.807) is 6.07 Å². The van der Waals surface area contributed by atoms with Crippen LogP contribution in [0.4, 0.5) is 13.2 Å². The van der Waals surface area contributed by atoms with Gasteiger partial charge >= 0.3 is 6.18 Å². The number of guanidine groups is 1. The van der Waals surface area contributed by atoms with Crippen molar-refractivity contribution in [1.82, 2.24) is 0 Å². The normalized spacial score (nSPS) is 11.6. The second-order valence-electron chi connectivity index (χ2n) is 2.84. The van der Waals surface area contributed by atoms with Crippen LogP contribution in [0.25, 0.3) is 0 Å². The fourth-order valence-electron chi connectivity index (χ4n) is 0.982.